The van der Waals surface area contributed by atoms with E-state index in [-0.39, 0.29) is 5.41 Å². The third-order valence-electron chi connectivity index (χ3n) is 2.90. The van der Waals surface area contributed by atoms with E-state index in [9.17, 15) is 0 Å². The fraction of sp³-hybridized carbons (Fsp3) is 0.533. The highest BCUT2D eigenvalue weighted by molar-refractivity contribution is 9.10. The van der Waals surface area contributed by atoms with Crippen LogP contribution in [0.15, 0.2) is 22.7 Å². The minimum Gasteiger partial charge on any atom is -0.493 e. The Hall–Kier alpha value is -1.21. The number of hydrogen-bond acceptors (Lipinski definition) is 3. The topological polar surface area (TPSA) is 42.2 Å². The highest BCUT2D eigenvalue weighted by Gasteiger charge is 2.15. The average molecular weight is 326 g/mol. The van der Waals surface area contributed by atoms with E-state index in [0.29, 0.717) is 6.61 Å². The van der Waals surface area contributed by atoms with Gasteiger partial charge in [0.2, 0.25) is 0 Å². The first-order valence-corrected chi connectivity index (χ1v) is 7.16. The van der Waals surface area contributed by atoms with Crippen molar-refractivity contribution < 1.29 is 9.47 Å². The summed E-state index contributed by atoms with van der Waals surface area (Å²) in [6.07, 6.45) is 2.79. The molecule has 0 atom stereocenters. The van der Waals surface area contributed by atoms with Crippen molar-refractivity contribution in [2.75, 3.05) is 13.7 Å². The summed E-state index contributed by atoms with van der Waals surface area (Å²) in [4.78, 5) is 0. The summed E-state index contributed by atoms with van der Waals surface area (Å²) in [6.45, 7) is 4.55. The van der Waals surface area contributed by atoms with Crippen LogP contribution in [0.2, 0.25) is 0 Å². The van der Waals surface area contributed by atoms with Crippen LogP contribution in [0.4, 0.5) is 0 Å². The quantitative estimate of drug-likeness (QED) is 0.690. The molecule has 0 amide bonds. The third kappa shape index (κ3) is 5.12. The molecule has 0 N–H and O–H groups in total. The maximum absolute atomic E-state index is 8.93. The molecular formula is C15H20BrNO2. The lowest BCUT2D eigenvalue weighted by atomic mass is 9.89. The predicted octanol–water partition coefficient (Wildman–Crippen LogP) is 4.56. The van der Waals surface area contributed by atoms with Crippen molar-refractivity contribution in [1.82, 2.24) is 0 Å². The van der Waals surface area contributed by atoms with Gasteiger partial charge in [-0.2, -0.15) is 5.26 Å². The smallest absolute Gasteiger partial charge is 0.175 e. The van der Waals surface area contributed by atoms with Crippen LogP contribution < -0.4 is 9.47 Å². The fourth-order valence-electron chi connectivity index (χ4n) is 1.69. The number of ether oxygens (including phenoxy) is 2. The van der Waals surface area contributed by atoms with Crippen molar-refractivity contribution >= 4 is 15.9 Å². The molecule has 0 aromatic heterocycles. The van der Waals surface area contributed by atoms with E-state index in [1.807, 2.05) is 32.0 Å². The van der Waals surface area contributed by atoms with E-state index in [1.54, 1.807) is 7.11 Å². The van der Waals surface area contributed by atoms with E-state index in [2.05, 4.69) is 22.0 Å². The summed E-state index contributed by atoms with van der Waals surface area (Å²) in [5.74, 6) is 1.47. The van der Waals surface area contributed by atoms with Gasteiger partial charge in [0.15, 0.2) is 11.5 Å². The molecule has 0 heterocycles. The number of unbranched alkanes of at least 4 members (excludes halogenated alkanes) is 1. The molecule has 3 nitrogen and oxygen atoms in total. The normalized spacial score (nSPS) is 10.9. The van der Waals surface area contributed by atoms with E-state index in [1.165, 1.54) is 0 Å². The van der Waals surface area contributed by atoms with Crippen LogP contribution in [0.5, 0.6) is 11.5 Å². The van der Waals surface area contributed by atoms with Crippen LogP contribution in [0.25, 0.3) is 0 Å². The molecular weight excluding hydrogens is 306 g/mol. The van der Waals surface area contributed by atoms with Gasteiger partial charge in [0.25, 0.3) is 0 Å². The van der Waals surface area contributed by atoms with Crippen molar-refractivity contribution in [2.24, 2.45) is 5.41 Å². The van der Waals surface area contributed by atoms with Gasteiger partial charge in [-0.15, -0.1) is 0 Å². The number of nitrogens with zero attached hydrogens (tertiary/aromatic N) is 1. The van der Waals surface area contributed by atoms with E-state index < -0.39 is 0 Å². The molecule has 0 aliphatic heterocycles. The van der Waals surface area contributed by atoms with E-state index >= 15 is 0 Å². The largest absolute Gasteiger partial charge is 0.493 e. The highest BCUT2D eigenvalue weighted by atomic mass is 79.9. The van der Waals surface area contributed by atoms with Crippen LogP contribution in [0, 0.1) is 16.7 Å². The molecule has 0 radical (unpaired) electrons. The number of hydrogen-bond donors (Lipinski definition) is 0. The van der Waals surface area contributed by atoms with Gasteiger partial charge in [-0.1, -0.05) is 6.07 Å². The molecule has 0 fully saturated rings. The number of benzene rings is 1. The Labute approximate surface area is 123 Å². The molecule has 1 aromatic carbocycles. The monoisotopic (exact) mass is 325 g/mol. The molecule has 0 aliphatic rings. The first-order valence-electron chi connectivity index (χ1n) is 6.37. The summed E-state index contributed by atoms with van der Waals surface area (Å²) in [6, 6.07) is 8.02. The third-order valence-corrected chi connectivity index (χ3v) is 3.52. The zero-order valence-corrected chi connectivity index (χ0v) is 13.3. The lowest BCUT2D eigenvalue weighted by Crippen LogP contribution is -2.08. The lowest BCUT2D eigenvalue weighted by Gasteiger charge is -2.15. The molecule has 104 valence electrons. The molecule has 0 unspecified atom stereocenters. The number of para-hydroxylation sites is 1. The van der Waals surface area contributed by atoms with Crippen LogP contribution in [0.1, 0.15) is 33.1 Å². The van der Waals surface area contributed by atoms with Crippen LogP contribution >= 0.6 is 15.9 Å². The zero-order valence-electron chi connectivity index (χ0n) is 11.7. The Balaban J connectivity index is 2.40. The predicted molar refractivity (Wildman–Crippen MR) is 79.4 cm³/mol. The molecule has 0 bridgehead atoms. The average Bonchev–Trinajstić information content (AvgIpc) is 2.39. The van der Waals surface area contributed by atoms with Crippen LogP contribution in [0.3, 0.4) is 0 Å². The number of methoxy groups -OCH3 is 1. The second kappa shape index (κ2) is 7.40. The number of halogens is 1. The maximum atomic E-state index is 8.93. The standard InChI is InChI=1S/C15H20BrNO2/c1-15(2,11-17)9-4-5-10-19-14-12(16)7-6-8-13(14)18-3/h6-8H,4-5,9-10H2,1-3H3. The van der Waals surface area contributed by atoms with Gasteiger partial charge < -0.3 is 9.47 Å². The molecule has 19 heavy (non-hydrogen) atoms. The second-order valence-corrected chi connectivity index (χ2v) is 5.93. The fourth-order valence-corrected chi connectivity index (χ4v) is 2.15. The molecule has 1 rings (SSSR count). The van der Waals surface area contributed by atoms with Gasteiger partial charge in [0.1, 0.15) is 0 Å². The maximum Gasteiger partial charge on any atom is 0.175 e. The molecule has 0 spiro atoms. The number of rotatable bonds is 7. The Morgan fingerprint density at radius 3 is 2.68 bits per heavy atom. The van der Waals surface area contributed by atoms with Gasteiger partial charge in [-0.25, -0.2) is 0 Å². The Bertz CT molecular complexity index is 452. The Morgan fingerprint density at radius 2 is 2.05 bits per heavy atom. The lowest BCUT2D eigenvalue weighted by molar-refractivity contribution is 0.276. The van der Waals surface area contributed by atoms with Crippen molar-refractivity contribution in [3.8, 4) is 17.6 Å². The first kappa shape index (κ1) is 15.8. The Morgan fingerprint density at radius 1 is 1.32 bits per heavy atom. The van der Waals surface area contributed by atoms with Gasteiger partial charge in [-0.05, 0) is 61.2 Å². The van der Waals surface area contributed by atoms with Gasteiger partial charge in [-0.3, -0.25) is 0 Å². The summed E-state index contributed by atoms with van der Waals surface area (Å²) >= 11 is 3.45. The molecule has 0 aliphatic carbocycles. The molecule has 0 saturated heterocycles. The number of nitriles is 1. The van der Waals surface area contributed by atoms with Crippen molar-refractivity contribution in [3.63, 3.8) is 0 Å². The second-order valence-electron chi connectivity index (χ2n) is 5.07. The van der Waals surface area contributed by atoms with Crippen molar-refractivity contribution in [3.05, 3.63) is 22.7 Å². The van der Waals surface area contributed by atoms with Crippen molar-refractivity contribution in [1.29, 1.82) is 5.26 Å². The molecule has 4 heteroatoms. The summed E-state index contributed by atoms with van der Waals surface area (Å²) in [5, 5.41) is 8.93. The van der Waals surface area contributed by atoms with Crippen LogP contribution in [-0.4, -0.2) is 13.7 Å². The zero-order chi connectivity index (χ0) is 14.3. The summed E-state index contributed by atoms with van der Waals surface area (Å²) in [5.41, 5.74) is -0.245. The Kier molecular flexibility index (Phi) is 6.17. The SMILES string of the molecule is COc1cccc(Br)c1OCCCCC(C)(C)C#N. The minimum atomic E-state index is -0.245. The van der Waals surface area contributed by atoms with Crippen molar-refractivity contribution in [2.45, 2.75) is 33.1 Å². The van der Waals surface area contributed by atoms with Crippen LogP contribution in [-0.2, 0) is 0 Å². The van der Waals surface area contributed by atoms with E-state index in [0.717, 1.165) is 35.2 Å². The minimum absolute atomic E-state index is 0.245. The summed E-state index contributed by atoms with van der Waals surface area (Å²) < 4.78 is 11.9. The highest BCUT2D eigenvalue weighted by Crippen LogP contribution is 2.35. The van der Waals surface area contributed by atoms with E-state index in [4.69, 9.17) is 14.7 Å². The molecule has 0 saturated carbocycles. The van der Waals surface area contributed by atoms with Gasteiger partial charge >= 0.3 is 0 Å². The summed E-state index contributed by atoms with van der Waals surface area (Å²) in [7, 11) is 1.63. The first-order chi connectivity index (χ1) is 9.00. The molecule has 1 aromatic rings. The van der Waals surface area contributed by atoms with Gasteiger partial charge in [0.05, 0.1) is 29.7 Å². The van der Waals surface area contributed by atoms with Gasteiger partial charge in [0, 0.05) is 0 Å².